The molecule has 2 aliphatic rings. The van der Waals surface area contributed by atoms with Gasteiger partial charge in [-0.3, -0.25) is 10.1 Å². The number of nitrogens with one attached hydrogen (secondary N) is 3. The maximum absolute atomic E-state index is 11.0. The van der Waals surface area contributed by atoms with E-state index in [1.807, 2.05) is 4.90 Å². The first-order valence-corrected chi connectivity index (χ1v) is 5.36. The number of amides is 1. The Morgan fingerprint density at radius 2 is 2.33 bits per heavy atom. The van der Waals surface area contributed by atoms with Crippen molar-refractivity contribution in [2.24, 2.45) is 0 Å². The van der Waals surface area contributed by atoms with Gasteiger partial charge in [0.2, 0.25) is 5.91 Å². The van der Waals surface area contributed by atoms with Gasteiger partial charge in [-0.05, 0) is 13.0 Å². The number of hydrogen-bond donors (Lipinski definition) is 3. The smallest absolute Gasteiger partial charge is 0.219 e. The SMILES string of the molecule is CC(=O)N1CC(NC2=CC(C)NCN2)C1. The summed E-state index contributed by atoms with van der Waals surface area (Å²) in [6.07, 6.45) is 2.12. The second-order valence-electron chi connectivity index (χ2n) is 4.19. The highest BCUT2D eigenvalue weighted by Gasteiger charge is 2.28. The van der Waals surface area contributed by atoms with Gasteiger partial charge in [-0.2, -0.15) is 0 Å². The Hall–Kier alpha value is -1.23. The van der Waals surface area contributed by atoms with Crippen molar-refractivity contribution in [2.45, 2.75) is 25.9 Å². The molecule has 1 saturated heterocycles. The molecular formula is C10H18N4O. The highest BCUT2D eigenvalue weighted by molar-refractivity contribution is 5.74. The summed E-state index contributed by atoms with van der Waals surface area (Å²) in [5.41, 5.74) is 0. The molecule has 0 saturated carbocycles. The summed E-state index contributed by atoms with van der Waals surface area (Å²) >= 11 is 0. The van der Waals surface area contributed by atoms with Gasteiger partial charge in [0.1, 0.15) is 0 Å². The summed E-state index contributed by atoms with van der Waals surface area (Å²) in [6, 6.07) is 0.802. The minimum Gasteiger partial charge on any atom is -0.366 e. The summed E-state index contributed by atoms with van der Waals surface area (Å²) in [5, 5.41) is 9.87. The third-order valence-electron chi connectivity index (χ3n) is 2.81. The van der Waals surface area contributed by atoms with Crippen LogP contribution in [-0.2, 0) is 4.79 Å². The lowest BCUT2D eigenvalue weighted by molar-refractivity contribution is -0.133. The van der Waals surface area contributed by atoms with Crippen LogP contribution in [0.5, 0.6) is 0 Å². The predicted molar refractivity (Wildman–Crippen MR) is 57.9 cm³/mol. The van der Waals surface area contributed by atoms with Crippen LogP contribution in [0.25, 0.3) is 0 Å². The van der Waals surface area contributed by atoms with E-state index in [9.17, 15) is 4.79 Å². The molecule has 0 aromatic rings. The van der Waals surface area contributed by atoms with Crippen LogP contribution in [0.2, 0.25) is 0 Å². The topological polar surface area (TPSA) is 56.4 Å². The fourth-order valence-electron chi connectivity index (χ4n) is 1.82. The average Bonchev–Trinajstić information content (AvgIpc) is 2.10. The summed E-state index contributed by atoms with van der Waals surface area (Å²) in [4.78, 5) is 12.8. The van der Waals surface area contributed by atoms with Gasteiger partial charge in [0.25, 0.3) is 0 Å². The van der Waals surface area contributed by atoms with Gasteiger partial charge in [0.05, 0.1) is 18.5 Å². The van der Waals surface area contributed by atoms with Crippen molar-refractivity contribution in [2.75, 3.05) is 19.8 Å². The van der Waals surface area contributed by atoms with Crippen LogP contribution in [0.15, 0.2) is 11.9 Å². The zero-order valence-electron chi connectivity index (χ0n) is 9.21. The summed E-state index contributed by atoms with van der Waals surface area (Å²) < 4.78 is 0. The zero-order chi connectivity index (χ0) is 10.8. The van der Waals surface area contributed by atoms with Gasteiger partial charge in [0, 0.05) is 26.1 Å². The van der Waals surface area contributed by atoms with Gasteiger partial charge < -0.3 is 15.5 Å². The van der Waals surface area contributed by atoms with E-state index in [-0.39, 0.29) is 5.91 Å². The van der Waals surface area contributed by atoms with Crippen LogP contribution in [0.3, 0.4) is 0 Å². The molecule has 0 radical (unpaired) electrons. The predicted octanol–water partition coefficient (Wildman–Crippen LogP) is -0.813. The third kappa shape index (κ3) is 2.41. The van der Waals surface area contributed by atoms with Crippen LogP contribution in [0, 0.1) is 0 Å². The Bertz CT molecular complexity index is 283. The Balaban J connectivity index is 1.77. The lowest BCUT2D eigenvalue weighted by Crippen LogP contribution is -2.60. The van der Waals surface area contributed by atoms with E-state index in [1.54, 1.807) is 6.92 Å². The van der Waals surface area contributed by atoms with Crippen LogP contribution in [-0.4, -0.2) is 42.6 Å². The van der Waals surface area contributed by atoms with Gasteiger partial charge in [-0.15, -0.1) is 0 Å². The number of carbonyl (C=O) groups is 1. The lowest BCUT2D eigenvalue weighted by atomic mass is 10.1. The summed E-state index contributed by atoms with van der Waals surface area (Å²) in [6.45, 7) is 6.15. The molecule has 15 heavy (non-hydrogen) atoms. The van der Waals surface area contributed by atoms with Gasteiger partial charge in [-0.1, -0.05) is 0 Å². The molecule has 2 rings (SSSR count). The second kappa shape index (κ2) is 4.10. The summed E-state index contributed by atoms with van der Waals surface area (Å²) in [5.74, 6) is 1.24. The van der Waals surface area contributed by atoms with E-state index in [0.29, 0.717) is 12.1 Å². The molecule has 5 nitrogen and oxygen atoms in total. The second-order valence-corrected chi connectivity index (χ2v) is 4.19. The maximum Gasteiger partial charge on any atom is 0.219 e. The Labute approximate surface area is 89.9 Å². The molecule has 1 unspecified atom stereocenters. The molecule has 1 fully saturated rings. The van der Waals surface area contributed by atoms with E-state index in [4.69, 9.17) is 0 Å². The summed E-state index contributed by atoms with van der Waals surface area (Å²) in [7, 11) is 0. The fraction of sp³-hybridized carbons (Fsp3) is 0.700. The Kier molecular flexibility index (Phi) is 2.81. The highest BCUT2D eigenvalue weighted by Crippen LogP contribution is 2.09. The molecule has 5 heteroatoms. The van der Waals surface area contributed by atoms with Crippen LogP contribution < -0.4 is 16.0 Å². The van der Waals surface area contributed by atoms with Crippen LogP contribution >= 0.6 is 0 Å². The van der Waals surface area contributed by atoms with Gasteiger partial charge in [-0.25, -0.2) is 0 Å². The number of likely N-dealkylation sites (tertiary alicyclic amines) is 1. The van der Waals surface area contributed by atoms with Crippen molar-refractivity contribution in [3.05, 3.63) is 11.9 Å². The van der Waals surface area contributed by atoms with Gasteiger partial charge >= 0.3 is 0 Å². The van der Waals surface area contributed by atoms with Gasteiger partial charge in [0.15, 0.2) is 0 Å². The molecule has 3 N–H and O–H groups in total. The molecule has 84 valence electrons. The Morgan fingerprint density at radius 3 is 2.93 bits per heavy atom. The van der Waals surface area contributed by atoms with Crippen molar-refractivity contribution in [3.63, 3.8) is 0 Å². The van der Waals surface area contributed by atoms with E-state index in [0.717, 1.165) is 25.6 Å². The monoisotopic (exact) mass is 210 g/mol. The molecule has 0 aromatic heterocycles. The first-order chi connectivity index (χ1) is 7.15. The van der Waals surface area contributed by atoms with E-state index < -0.39 is 0 Å². The number of hydrogen-bond acceptors (Lipinski definition) is 4. The van der Waals surface area contributed by atoms with Crippen molar-refractivity contribution in [1.29, 1.82) is 0 Å². The van der Waals surface area contributed by atoms with E-state index in [1.165, 1.54) is 0 Å². The average molecular weight is 210 g/mol. The van der Waals surface area contributed by atoms with Crippen LogP contribution in [0.1, 0.15) is 13.8 Å². The molecule has 1 amide bonds. The molecule has 2 heterocycles. The normalized spacial score (nSPS) is 26.4. The van der Waals surface area contributed by atoms with Crippen molar-refractivity contribution in [3.8, 4) is 0 Å². The molecule has 0 spiro atoms. The van der Waals surface area contributed by atoms with Crippen molar-refractivity contribution < 1.29 is 4.79 Å². The Morgan fingerprint density at radius 1 is 1.60 bits per heavy atom. The molecule has 0 bridgehead atoms. The molecule has 0 aromatic carbocycles. The largest absolute Gasteiger partial charge is 0.366 e. The number of rotatable bonds is 2. The van der Waals surface area contributed by atoms with E-state index >= 15 is 0 Å². The van der Waals surface area contributed by atoms with Crippen LogP contribution in [0.4, 0.5) is 0 Å². The molecule has 2 aliphatic heterocycles. The maximum atomic E-state index is 11.0. The quantitative estimate of drug-likeness (QED) is 0.558. The van der Waals surface area contributed by atoms with E-state index in [2.05, 4.69) is 29.0 Å². The van der Waals surface area contributed by atoms with Crippen molar-refractivity contribution >= 4 is 5.91 Å². The fourth-order valence-corrected chi connectivity index (χ4v) is 1.82. The molecule has 0 aliphatic carbocycles. The minimum atomic E-state index is 0.161. The van der Waals surface area contributed by atoms with Crippen molar-refractivity contribution in [1.82, 2.24) is 20.9 Å². The zero-order valence-corrected chi connectivity index (χ0v) is 9.21. The minimum absolute atomic E-state index is 0.161. The first kappa shape index (κ1) is 10.3. The molecule has 1 atom stereocenters. The standard InChI is InChI=1S/C10H18N4O/c1-7-3-10(12-6-11-7)13-9-4-14(5-9)8(2)15/h3,7,9,11-13H,4-6H2,1-2H3. The first-order valence-electron chi connectivity index (χ1n) is 5.36. The lowest BCUT2D eigenvalue weighted by Gasteiger charge is -2.40. The molecular weight excluding hydrogens is 192 g/mol. The highest BCUT2D eigenvalue weighted by atomic mass is 16.2. The number of nitrogens with zero attached hydrogens (tertiary/aromatic N) is 1. The number of carbonyl (C=O) groups excluding carboxylic acids is 1. The third-order valence-corrected chi connectivity index (χ3v) is 2.81.